The van der Waals surface area contributed by atoms with Gasteiger partial charge in [0, 0.05) is 29.4 Å². The molecule has 0 aliphatic rings. The van der Waals surface area contributed by atoms with Crippen molar-refractivity contribution in [2.45, 2.75) is 71.8 Å². The van der Waals surface area contributed by atoms with Crippen LogP contribution >= 0.6 is 0 Å². The molecule has 0 heterocycles. The van der Waals surface area contributed by atoms with E-state index in [1.165, 1.54) is 11.6 Å². The number of rotatable bonds is 11. The van der Waals surface area contributed by atoms with Gasteiger partial charge in [0.15, 0.2) is 6.61 Å². The van der Waals surface area contributed by atoms with Crippen LogP contribution in [-0.4, -0.2) is 26.4 Å². The SMILES string of the molecule is CCC(C)(C)c1ccc(OCC(=O)Nc2ccc(CNS(=O)O)c(O)c2)c(C(C)(C)CC)c1. The number of amides is 1. The molecule has 0 aromatic heterocycles. The quantitative estimate of drug-likeness (QED) is 0.341. The summed E-state index contributed by atoms with van der Waals surface area (Å²) in [6, 6.07) is 10.8. The number of nitrogens with one attached hydrogen (secondary N) is 2. The zero-order valence-corrected chi connectivity index (χ0v) is 21.1. The van der Waals surface area contributed by atoms with E-state index in [9.17, 15) is 14.1 Å². The fraction of sp³-hybridized carbons (Fsp3) is 0.480. The van der Waals surface area contributed by atoms with Crippen molar-refractivity contribution in [1.29, 1.82) is 0 Å². The highest BCUT2D eigenvalue weighted by molar-refractivity contribution is 7.77. The molecule has 1 amide bonds. The highest BCUT2D eigenvalue weighted by Gasteiger charge is 2.27. The van der Waals surface area contributed by atoms with Gasteiger partial charge in [-0.25, -0.2) is 8.93 Å². The van der Waals surface area contributed by atoms with Gasteiger partial charge in [-0.3, -0.25) is 9.35 Å². The van der Waals surface area contributed by atoms with Gasteiger partial charge in [0.25, 0.3) is 5.91 Å². The van der Waals surface area contributed by atoms with Crippen LogP contribution in [0.4, 0.5) is 5.69 Å². The number of aromatic hydroxyl groups is 1. The number of benzene rings is 2. The van der Waals surface area contributed by atoms with E-state index in [-0.39, 0.29) is 35.6 Å². The first-order valence-corrected chi connectivity index (χ1v) is 12.2. The lowest BCUT2D eigenvalue weighted by atomic mass is 9.76. The molecule has 0 fully saturated rings. The summed E-state index contributed by atoms with van der Waals surface area (Å²) in [4.78, 5) is 12.5. The second-order valence-electron chi connectivity index (χ2n) is 9.44. The van der Waals surface area contributed by atoms with Gasteiger partial charge in [0.05, 0.1) is 0 Å². The zero-order chi connectivity index (χ0) is 24.8. The minimum Gasteiger partial charge on any atom is -0.508 e. The summed E-state index contributed by atoms with van der Waals surface area (Å²) in [6.07, 6.45) is 1.94. The number of carbonyl (C=O) groups excluding carboxylic acids is 1. The van der Waals surface area contributed by atoms with Gasteiger partial charge >= 0.3 is 0 Å². The summed E-state index contributed by atoms with van der Waals surface area (Å²) in [6.45, 7) is 12.9. The van der Waals surface area contributed by atoms with Gasteiger partial charge in [-0.1, -0.05) is 59.7 Å². The lowest BCUT2D eigenvalue weighted by molar-refractivity contribution is -0.118. The normalized spacial score (nSPS) is 12.9. The summed E-state index contributed by atoms with van der Waals surface area (Å²) < 4.78 is 27.7. The summed E-state index contributed by atoms with van der Waals surface area (Å²) in [5.41, 5.74) is 3.10. The van der Waals surface area contributed by atoms with Crippen LogP contribution < -0.4 is 14.8 Å². The highest BCUT2D eigenvalue weighted by Crippen LogP contribution is 2.38. The molecular formula is C25H36N2O5S. The third-order valence-electron chi connectivity index (χ3n) is 6.37. The Kier molecular flexibility index (Phi) is 9.05. The minimum atomic E-state index is -2.17. The van der Waals surface area contributed by atoms with Crippen LogP contribution in [0.3, 0.4) is 0 Å². The molecule has 0 radical (unpaired) electrons. The summed E-state index contributed by atoms with van der Waals surface area (Å²) >= 11 is -2.17. The van der Waals surface area contributed by atoms with Gasteiger partial charge in [-0.15, -0.1) is 0 Å². The zero-order valence-electron chi connectivity index (χ0n) is 20.3. The molecule has 1 atom stereocenters. The predicted molar refractivity (Wildman–Crippen MR) is 133 cm³/mol. The number of phenolic OH excluding ortho intramolecular Hbond substituents is 1. The van der Waals surface area contributed by atoms with Crippen molar-refractivity contribution in [2.24, 2.45) is 0 Å². The number of phenols is 1. The fourth-order valence-electron chi connectivity index (χ4n) is 3.27. The highest BCUT2D eigenvalue weighted by atomic mass is 32.2. The Labute approximate surface area is 199 Å². The number of carbonyl (C=O) groups is 1. The van der Waals surface area contributed by atoms with E-state index >= 15 is 0 Å². The molecule has 2 aromatic carbocycles. The van der Waals surface area contributed by atoms with E-state index in [1.807, 2.05) is 6.07 Å². The van der Waals surface area contributed by atoms with Crippen molar-refractivity contribution >= 4 is 22.9 Å². The second-order valence-corrected chi connectivity index (χ2v) is 10.2. The third-order valence-corrected chi connectivity index (χ3v) is 6.76. The van der Waals surface area contributed by atoms with E-state index in [0.29, 0.717) is 17.0 Å². The Bertz CT molecular complexity index is 1000. The van der Waals surface area contributed by atoms with Gasteiger partial charge in [-0.2, -0.15) is 0 Å². The summed E-state index contributed by atoms with van der Waals surface area (Å²) in [5, 5.41) is 12.8. The predicted octanol–water partition coefficient (Wildman–Crippen LogP) is 5.01. The van der Waals surface area contributed by atoms with Crippen molar-refractivity contribution in [1.82, 2.24) is 4.72 Å². The van der Waals surface area contributed by atoms with Gasteiger partial charge in [0.2, 0.25) is 11.3 Å². The summed E-state index contributed by atoms with van der Waals surface area (Å²) in [5.74, 6) is 0.247. The molecule has 4 N–H and O–H groups in total. The van der Waals surface area contributed by atoms with E-state index in [1.54, 1.807) is 12.1 Å². The Balaban J connectivity index is 2.13. The molecular weight excluding hydrogens is 440 g/mol. The number of ether oxygens (including phenoxy) is 1. The molecule has 8 heteroatoms. The average Bonchev–Trinajstić information content (AvgIpc) is 2.76. The van der Waals surface area contributed by atoms with Gasteiger partial charge in [-0.05, 0) is 41.4 Å². The van der Waals surface area contributed by atoms with Gasteiger partial charge < -0.3 is 15.2 Å². The minimum absolute atomic E-state index is 0.0209. The van der Waals surface area contributed by atoms with E-state index in [2.05, 4.69) is 63.7 Å². The van der Waals surface area contributed by atoms with Crippen LogP contribution in [0.25, 0.3) is 0 Å². The first-order valence-electron chi connectivity index (χ1n) is 11.1. The van der Waals surface area contributed by atoms with Crippen molar-refractivity contribution in [2.75, 3.05) is 11.9 Å². The van der Waals surface area contributed by atoms with Crippen LogP contribution in [0.2, 0.25) is 0 Å². The average molecular weight is 477 g/mol. The molecule has 0 saturated carbocycles. The fourth-order valence-corrected chi connectivity index (χ4v) is 3.55. The number of anilines is 1. The van der Waals surface area contributed by atoms with Crippen LogP contribution in [0.5, 0.6) is 11.5 Å². The van der Waals surface area contributed by atoms with E-state index in [0.717, 1.165) is 18.4 Å². The first kappa shape index (κ1) is 26.8. The molecule has 0 bridgehead atoms. The lowest BCUT2D eigenvalue weighted by Crippen LogP contribution is -2.24. The van der Waals surface area contributed by atoms with Gasteiger partial charge in [0.1, 0.15) is 11.5 Å². The maximum atomic E-state index is 12.5. The maximum absolute atomic E-state index is 12.5. The Morgan fingerprint density at radius 3 is 2.27 bits per heavy atom. The van der Waals surface area contributed by atoms with Crippen molar-refractivity contribution in [3.63, 3.8) is 0 Å². The largest absolute Gasteiger partial charge is 0.508 e. The first-order chi connectivity index (χ1) is 15.4. The maximum Gasteiger partial charge on any atom is 0.262 e. The monoisotopic (exact) mass is 476 g/mol. The van der Waals surface area contributed by atoms with E-state index in [4.69, 9.17) is 9.29 Å². The Morgan fingerprint density at radius 2 is 1.70 bits per heavy atom. The molecule has 0 spiro atoms. The number of hydrogen-bond donors (Lipinski definition) is 4. The molecule has 0 aliphatic heterocycles. The topological polar surface area (TPSA) is 108 Å². The van der Waals surface area contributed by atoms with Crippen LogP contribution in [0.1, 0.15) is 71.1 Å². The molecule has 7 nitrogen and oxygen atoms in total. The smallest absolute Gasteiger partial charge is 0.262 e. The lowest BCUT2D eigenvalue weighted by Gasteiger charge is -2.30. The Morgan fingerprint density at radius 1 is 1.03 bits per heavy atom. The molecule has 0 aliphatic carbocycles. The number of hydrogen-bond acceptors (Lipinski definition) is 4. The van der Waals surface area contributed by atoms with Crippen molar-refractivity contribution < 1.29 is 23.4 Å². The molecule has 1 unspecified atom stereocenters. The molecule has 0 saturated heterocycles. The molecule has 182 valence electrons. The van der Waals surface area contributed by atoms with E-state index < -0.39 is 11.3 Å². The van der Waals surface area contributed by atoms with Crippen LogP contribution in [0, 0.1) is 0 Å². The standard InChI is InChI=1S/C25H36N2O5S/c1-7-24(3,4)18-10-12-22(20(13-18)25(5,6)8-2)32-16-23(29)27-19-11-9-17(21(28)14-19)15-26-33(30)31/h9-14,26,28H,7-8,15-16H2,1-6H3,(H,27,29)(H,30,31). The van der Waals surface area contributed by atoms with Crippen LogP contribution in [-0.2, 0) is 33.4 Å². The Hall–Kier alpha value is -2.42. The van der Waals surface area contributed by atoms with Crippen molar-refractivity contribution in [3.8, 4) is 11.5 Å². The third kappa shape index (κ3) is 7.28. The second kappa shape index (κ2) is 11.1. The van der Waals surface area contributed by atoms with Crippen LogP contribution in [0.15, 0.2) is 36.4 Å². The molecule has 33 heavy (non-hydrogen) atoms. The molecule has 2 rings (SSSR count). The molecule has 2 aromatic rings. The van der Waals surface area contributed by atoms with Crippen molar-refractivity contribution in [3.05, 3.63) is 53.1 Å². The summed E-state index contributed by atoms with van der Waals surface area (Å²) in [7, 11) is 0.